The summed E-state index contributed by atoms with van der Waals surface area (Å²) in [4.78, 5) is 22.4. The molecular weight excluding hydrogens is 238 g/mol. The zero-order chi connectivity index (χ0) is 13.3. The first kappa shape index (κ1) is 12.0. The van der Waals surface area contributed by atoms with E-state index in [9.17, 15) is 9.59 Å². The third-order valence-corrected chi connectivity index (χ3v) is 2.64. The number of rotatable bonds is 3. The van der Waals surface area contributed by atoms with E-state index in [2.05, 4.69) is 14.9 Å². The first-order chi connectivity index (χ1) is 8.49. The Balaban J connectivity index is 2.45. The Morgan fingerprint density at radius 3 is 2.72 bits per heavy atom. The molecule has 0 amide bonds. The minimum absolute atomic E-state index is 0.269. The van der Waals surface area contributed by atoms with E-state index in [0.29, 0.717) is 23.6 Å². The summed E-state index contributed by atoms with van der Waals surface area (Å²) in [5, 5.41) is 16.3. The quantitative estimate of drug-likeness (QED) is 0.855. The van der Waals surface area contributed by atoms with E-state index < -0.39 is 11.4 Å². The minimum Gasteiger partial charge on any atom is -0.477 e. The van der Waals surface area contributed by atoms with Gasteiger partial charge in [-0.1, -0.05) is 10.3 Å². The van der Waals surface area contributed by atoms with Gasteiger partial charge in [0, 0.05) is 18.0 Å². The highest BCUT2D eigenvalue weighted by molar-refractivity contribution is 5.87. The second-order valence-electron chi connectivity index (χ2n) is 3.92. The van der Waals surface area contributed by atoms with Crippen molar-refractivity contribution in [3.8, 4) is 0 Å². The summed E-state index contributed by atoms with van der Waals surface area (Å²) >= 11 is 0. The van der Waals surface area contributed by atoms with Crippen LogP contribution >= 0.6 is 0 Å². The van der Waals surface area contributed by atoms with Gasteiger partial charge < -0.3 is 9.67 Å². The van der Waals surface area contributed by atoms with Crippen molar-refractivity contribution < 1.29 is 14.5 Å². The van der Waals surface area contributed by atoms with Crippen LogP contribution < -0.4 is 5.43 Å². The fourth-order valence-electron chi connectivity index (χ4n) is 1.56. The predicted octanol–water partition coefficient (Wildman–Crippen LogP) is 0.595. The SMILES string of the molecule is Cc1nonc1Cn1cc(C(=O)O)c(=O)cc1C. The van der Waals surface area contributed by atoms with E-state index in [0.717, 1.165) is 0 Å². The van der Waals surface area contributed by atoms with E-state index >= 15 is 0 Å². The average Bonchev–Trinajstić information content (AvgIpc) is 2.67. The van der Waals surface area contributed by atoms with Crippen LogP contribution in [-0.2, 0) is 6.54 Å². The predicted molar refractivity (Wildman–Crippen MR) is 60.5 cm³/mol. The number of aromatic carboxylic acids is 1. The fraction of sp³-hybridized carbons (Fsp3) is 0.273. The van der Waals surface area contributed by atoms with Crippen LogP contribution in [0.25, 0.3) is 0 Å². The van der Waals surface area contributed by atoms with Crippen LogP contribution in [-0.4, -0.2) is 26.0 Å². The van der Waals surface area contributed by atoms with Crippen molar-refractivity contribution in [2.45, 2.75) is 20.4 Å². The third-order valence-electron chi connectivity index (χ3n) is 2.64. The molecule has 0 radical (unpaired) electrons. The Bertz CT molecular complexity index is 657. The Labute approximate surface area is 102 Å². The third kappa shape index (κ3) is 2.15. The van der Waals surface area contributed by atoms with Crippen molar-refractivity contribution in [1.29, 1.82) is 0 Å². The van der Waals surface area contributed by atoms with Crippen molar-refractivity contribution in [1.82, 2.24) is 14.9 Å². The molecule has 0 saturated heterocycles. The maximum atomic E-state index is 11.5. The number of aryl methyl sites for hydroxylation is 2. The van der Waals surface area contributed by atoms with Crippen molar-refractivity contribution in [3.05, 3.63) is 45.1 Å². The molecule has 0 atom stereocenters. The fourth-order valence-corrected chi connectivity index (χ4v) is 1.56. The molecule has 0 aromatic carbocycles. The molecule has 0 aliphatic heterocycles. The van der Waals surface area contributed by atoms with Crippen LogP contribution in [0.3, 0.4) is 0 Å². The Hall–Kier alpha value is -2.44. The number of aromatic nitrogens is 3. The summed E-state index contributed by atoms with van der Waals surface area (Å²) < 4.78 is 6.19. The first-order valence-electron chi connectivity index (χ1n) is 5.21. The van der Waals surface area contributed by atoms with Gasteiger partial charge >= 0.3 is 5.97 Å². The Kier molecular flexibility index (Phi) is 2.97. The van der Waals surface area contributed by atoms with E-state index in [1.54, 1.807) is 18.4 Å². The lowest BCUT2D eigenvalue weighted by Crippen LogP contribution is -2.19. The standard InChI is InChI=1S/C11H11N3O4/c1-6-3-10(15)8(11(16)17)4-14(6)5-9-7(2)12-18-13-9/h3-4H,5H2,1-2H3,(H,16,17). The van der Waals surface area contributed by atoms with E-state index in [1.165, 1.54) is 12.3 Å². The molecule has 7 heteroatoms. The number of nitrogens with zero attached hydrogens (tertiary/aromatic N) is 3. The van der Waals surface area contributed by atoms with Gasteiger partial charge in [0.05, 0.1) is 6.54 Å². The van der Waals surface area contributed by atoms with Crippen molar-refractivity contribution in [2.24, 2.45) is 0 Å². The van der Waals surface area contributed by atoms with Gasteiger partial charge in [-0.15, -0.1) is 0 Å². The van der Waals surface area contributed by atoms with Gasteiger partial charge in [0.2, 0.25) is 0 Å². The molecule has 94 valence electrons. The normalized spacial score (nSPS) is 10.6. The van der Waals surface area contributed by atoms with E-state index in [1.807, 2.05) is 0 Å². The van der Waals surface area contributed by atoms with Crippen LogP contribution in [0.15, 0.2) is 21.7 Å². The lowest BCUT2D eigenvalue weighted by molar-refractivity contribution is 0.0694. The van der Waals surface area contributed by atoms with Crippen LogP contribution in [0.1, 0.15) is 27.4 Å². The molecule has 0 spiro atoms. The van der Waals surface area contributed by atoms with Gasteiger partial charge in [-0.25, -0.2) is 9.42 Å². The highest BCUT2D eigenvalue weighted by Crippen LogP contribution is 2.07. The zero-order valence-electron chi connectivity index (χ0n) is 9.88. The molecule has 2 aromatic heterocycles. The smallest absolute Gasteiger partial charge is 0.341 e. The summed E-state index contributed by atoms with van der Waals surface area (Å²) in [6.45, 7) is 3.76. The molecule has 18 heavy (non-hydrogen) atoms. The summed E-state index contributed by atoms with van der Waals surface area (Å²) in [7, 11) is 0. The number of pyridine rings is 1. The lowest BCUT2D eigenvalue weighted by atomic mass is 10.2. The Morgan fingerprint density at radius 1 is 1.44 bits per heavy atom. The second-order valence-corrected chi connectivity index (χ2v) is 3.92. The van der Waals surface area contributed by atoms with Gasteiger partial charge in [-0.05, 0) is 13.8 Å². The minimum atomic E-state index is -1.25. The van der Waals surface area contributed by atoms with Crippen molar-refractivity contribution >= 4 is 5.97 Å². The molecule has 0 aliphatic carbocycles. The van der Waals surface area contributed by atoms with Crippen LogP contribution in [0.5, 0.6) is 0 Å². The number of carboxylic acids is 1. The van der Waals surface area contributed by atoms with Gasteiger partial charge in [-0.2, -0.15) is 0 Å². The van der Waals surface area contributed by atoms with Gasteiger partial charge in [0.1, 0.15) is 17.0 Å². The summed E-state index contributed by atoms with van der Waals surface area (Å²) in [6, 6.07) is 1.28. The maximum absolute atomic E-state index is 11.5. The summed E-state index contributed by atoms with van der Waals surface area (Å²) in [5.41, 5.74) is 1.09. The topological polar surface area (TPSA) is 98.2 Å². The summed E-state index contributed by atoms with van der Waals surface area (Å²) in [6.07, 6.45) is 1.30. The highest BCUT2D eigenvalue weighted by Gasteiger charge is 2.12. The molecule has 0 saturated carbocycles. The molecule has 1 N–H and O–H groups in total. The van der Waals surface area contributed by atoms with Gasteiger partial charge in [0.25, 0.3) is 0 Å². The first-order valence-corrected chi connectivity index (χ1v) is 5.21. The molecule has 0 aliphatic rings. The largest absolute Gasteiger partial charge is 0.477 e. The van der Waals surface area contributed by atoms with Gasteiger partial charge in [-0.3, -0.25) is 4.79 Å². The van der Waals surface area contributed by atoms with Crippen LogP contribution in [0.4, 0.5) is 0 Å². The molecule has 2 heterocycles. The van der Waals surface area contributed by atoms with Crippen LogP contribution in [0.2, 0.25) is 0 Å². The molecule has 7 nitrogen and oxygen atoms in total. The molecule has 0 unspecified atom stereocenters. The van der Waals surface area contributed by atoms with Crippen molar-refractivity contribution in [2.75, 3.05) is 0 Å². The summed E-state index contributed by atoms with van der Waals surface area (Å²) in [5.74, 6) is -1.25. The van der Waals surface area contributed by atoms with Crippen molar-refractivity contribution in [3.63, 3.8) is 0 Å². The van der Waals surface area contributed by atoms with Gasteiger partial charge in [0.15, 0.2) is 5.43 Å². The lowest BCUT2D eigenvalue weighted by Gasteiger charge is -2.09. The number of hydrogen-bond acceptors (Lipinski definition) is 5. The molecule has 0 fully saturated rings. The number of carbonyl (C=O) groups is 1. The molecular formula is C11H11N3O4. The maximum Gasteiger partial charge on any atom is 0.341 e. The Morgan fingerprint density at radius 2 is 2.17 bits per heavy atom. The van der Waals surface area contributed by atoms with E-state index in [-0.39, 0.29) is 5.56 Å². The number of carboxylic acid groups (broad SMARTS) is 1. The molecule has 0 bridgehead atoms. The zero-order valence-corrected chi connectivity index (χ0v) is 9.88. The van der Waals surface area contributed by atoms with Crippen LogP contribution in [0, 0.1) is 13.8 Å². The highest BCUT2D eigenvalue weighted by atomic mass is 16.6. The molecule has 2 rings (SSSR count). The second kappa shape index (κ2) is 4.44. The number of hydrogen-bond donors (Lipinski definition) is 1. The molecule has 2 aromatic rings. The van der Waals surface area contributed by atoms with E-state index in [4.69, 9.17) is 5.11 Å². The monoisotopic (exact) mass is 249 g/mol. The average molecular weight is 249 g/mol.